The average Bonchev–Trinajstić information content (AvgIpc) is 2.56. The maximum atomic E-state index is 12.3. The van der Waals surface area contributed by atoms with E-state index < -0.39 is 0 Å². The number of amides is 1. The molecule has 2 aromatic rings. The molecule has 23 heavy (non-hydrogen) atoms. The lowest BCUT2D eigenvalue weighted by Crippen LogP contribution is -2.16. The lowest BCUT2D eigenvalue weighted by atomic mass is 10.0. The molecule has 6 heteroatoms. The van der Waals surface area contributed by atoms with Crippen LogP contribution in [0, 0.1) is 0 Å². The zero-order valence-electron chi connectivity index (χ0n) is 13.7. The summed E-state index contributed by atoms with van der Waals surface area (Å²) in [5.41, 5.74) is 2.17. The Bertz CT molecular complexity index is 641. The van der Waals surface area contributed by atoms with E-state index in [0.717, 1.165) is 11.3 Å². The first kappa shape index (κ1) is 16.9. The lowest BCUT2D eigenvalue weighted by Gasteiger charge is -2.13. The minimum atomic E-state index is -0.269. The van der Waals surface area contributed by atoms with E-state index in [4.69, 9.17) is 4.74 Å². The molecule has 1 amide bonds. The summed E-state index contributed by atoms with van der Waals surface area (Å²) in [7, 11) is 1.63. The van der Waals surface area contributed by atoms with Gasteiger partial charge in [-0.1, -0.05) is 32.0 Å². The molecule has 0 saturated heterocycles. The largest absolute Gasteiger partial charge is 0.383 e. The van der Waals surface area contributed by atoms with Gasteiger partial charge in [-0.05, 0) is 17.5 Å². The van der Waals surface area contributed by atoms with E-state index in [1.54, 1.807) is 13.3 Å². The number of para-hydroxylation sites is 1. The van der Waals surface area contributed by atoms with E-state index >= 15 is 0 Å². The summed E-state index contributed by atoms with van der Waals surface area (Å²) in [5.74, 6) is 0.667. The molecule has 6 nitrogen and oxygen atoms in total. The van der Waals surface area contributed by atoms with Crippen molar-refractivity contribution in [2.24, 2.45) is 0 Å². The zero-order chi connectivity index (χ0) is 16.7. The van der Waals surface area contributed by atoms with Crippen molar-refractivity contribution in [2.45, 2.75) is 19.8 Å². The zero-order valence-corrected chi connectivity index (χ0v) is 13.7. The average molecular weight is 314 g/mol. The first-order valence-corrected chi connectivity index (χ1v) is 7.57. The second-order valence-electron chi connectivity index (χ2n) is 5.40. The molecule has 122 valence electrons. The lowest BCUT2D eigenvalue weighted by molar-refractivity contribution is 0.102. The highest BCUT2D eigenvalue weighted by atomic mass is 16.5. The van der Waals surface area contributed by atoms with Gasteiger partial charge in [0.2, 0.25) is 0 Å². The molecule has 0 saturated carbocycles. The van der Waals surface area contributed by atoms with Gasteiger partial charge >= 0.3 is 0 Å². The Hall–Kier alpha value is -2.47. The summed E-state index contributed by atoms with van der Waals surface area (Å²) in [6.07, 6.45) is 3.00. The highest BCUT2D eigenvalue weighted by Gasteiger charge is 2.12. The number of nitrogens with one attached hydrogen (secondary N) is 2. The van der Waals surface area contributed by atoms with Crippen LogP contribution in [0.5, 0.6) is 0 Å². The molecule has 1 aromatic carbocycles. The van der Waals surface area contributed by atoms with Crippen molar-refractivity contribution in [1.82, 2.24) is 9.97 Å². The Morgan fingerprint density at radius 1 is 1.22 bits per heavy atom. The van der Waals surface area contributed by atoms with Crippen molar-refractivity contribution < 1.29 is 9.53 Å². The maximum absolute atomic E-state index is 12.3. The van der Waals surface area contributed by atoms with Gasteiger partial charge in [-0.3, -0.25) is 4.79 Å². The van der Waals surface area contributed by atoms with Crippen LogP contribution >= 0.6 is 0 Å². The molecule has 0 fully saturated rings. The number of anilines is 2. The molecule has 2 rings (SSSR count). The maximum Gasteiger partial charge on any atom is 0.275 e. The Kier molecular flexibility index (Phi) is 6.05. The minimum Gasteiger partial charge on any atom is -0.383 e. The smallest absolute Gasteiger partial charge is 0.275 e. The second kappa shape index (κ2) is 8.24. The van der Waals surface area contributed by atoms with Crippen molar-refractivity contribution in [3.8, 4) is 0 Å². The third kappa shape index (κ3) is 4.75. The SMILES string of the molecule is COCCNc1cnc(C(=O)Nc2ccccc2C(C)C)cn1. The Morgan fingerprint density at radius 2 is 2.00 bits per heavy atom. The van der Waals surface area contributed by atoms with E-state index in [1.165, 1.54) is 6.20 Å². The third-order valence-electron chi connectivity index (χ3n) is 3.33. The normalized spacial score (nSPS) is 10.6. The Labute approximate surface area is 136 Å². The summed E-state index contributed by atoms with van der Waals surface area (Å²) >= 11 is 0. The van der Waals surface area contributed by atoms with Gasteiger partial charge in [0.1, 0.15) is 11.5 Å². The van der Waals surface area contributed by atoms with E-state index in [-0.39, 0.29) is 11.6 Å². The van der Waals surface area contributed by atoms with E-state index in [9.17, 15) is 4.79 Å². The molecule has 1 heterocycles. The van der Waals surface area contributed by atoms with E-state index in [0.29, 0.717) is 24.9 Å². The monoisotopic (exact) mass is 314 g/mol. The summed E-state index contributed by atoms with van der Waals surface area (Å²) in [5, 5.41) is 5.95. The number of ether oxygens (including phenoxy) is 1. The van der Waals surface area contributed by atoms with Crippen LogP contribution in [0.1, 0.15) is 35.8 Å². The quantitative estimate of drug-likeness (QED) is 0.769. The molecule has 0 unspecified atom stereocenters. The third-order valence-corrected chi connectivity index (χ3v) is 3.33. The van der Waals surface area contributed by atoms with Crippen LogP contribution < -0.4 is 10.6 Å². The van der Waals surface area contributed by atoms with Crippen LogP contribution in [0.2, 0.25) is 0 Å². The van der Waals surface area contributed by atoms with E-state index in [1.807, 2.05) is 24.3 Å². The van der Waals surface area contributed by atoms with Gasteiger partial charge in [-0.25, -0.2) is 9.97 Å². The van der Waals surface area contributed by atoms with Gasteiger partial charge in [0.15, 0.2) is 0 Å². The fourth-order valence-corrected chi connectivity index (χ4v) is 2.12. The summed E-state index contributed by atoms with van der Waals surface area (Å²) < 4.78 is 4.95. The number of nitrogens with zero attached hydrogens (tertiary/aromatic N) is 2. The molecule has 0 aliphatic carbocycles. The number of carbonyl (C=O) groups excluding carboxylic acids is 1. The summed E-state index contributed by atoms with van der Waals surface area (Å²) in [4.78, 5) is 20.6. The van der Waals surface area contributed by atoms with Gasteiger partial charge in [0.25, 0.3) is 5.91 Å². The number of methoxy groups -OCH3 is 1. The van der Waals surface area contributed by atoms with Gasteiger partial charge in [0.05, 0.1) is 19.0 Å². The molecule has 0 atom stereocenters. The Morgan fingerprint density at radius 3 is 2.65 bits per heavy atom. The fourth-order valence-electron chi connectivity index (χ4n) is 2.12. The van der Waals surface area contributed by atoms with Gasteiger partial charge in [-0.15, -0.1) is 0 Å². The number of hydrogen-bond acceptors (Lipinski definition) is 5. The summed E-state index contributed by atoms with van der Waals surface area (Å²) in [6.45, 7) is 5.39. The molecule has 0 radical (unpaired) electrons. The highest BCUT2D eigenvalue weighted by molar-refractivity contribution is 6.03. The van der Waals surface area contributed by atoms with Gasteiger partial charge < -0.3 is 15.4 Å². The Balaban J connectivity index is 2.04. The number of rotatable bonds is 7. The van der Waals surface area contributed by atoms with Crippen molar-refractivity contribution >= 4 is 17.4 Å². The van der Waals surface area contributed by atoms with Gasteiger partial charge in [0, 0.05) is 19.3 Å². The minimum absolute atomic E-state index is 0.269. The predicted molar refractivity (Wildman–Crippen MR) is 90.9 cm³/mol. The second-order valence-corrected chi connectivity index (χ2v) is 5.40. The fraction of sp³-hybridized carbons (Fsp3) is 0.353. The van der Waals surface area contributed by atoms with Crippen LogP contribution in [-0.4, -0.2) is 36.1 Å². The van der Waals surface area contributed by atoms with Crippen LogP contribution in [0.3, 0.4) is 0 Å². The van der Waals surface area contributed by atoms with Crippen molar-refractivity contribution in [3.05, 3.63) is 47.9 Å². The van der Waals surface area contributed by atoms with Crippen LogP contribution in [-0.2, 0) is 4.74 Å². The van der Waals surface area contributed by atoms with Crippen LogP contribution in [0.15, 0.2) is 36.7 Å². The van der Waals surface area contributed by atoms with Gasteiger partial charge in [-0.2, -0.15) is 0 Å². The first-order valence-electron chi connectivity index (χ1n) is 7.57. The summed E-state index contributed by atoms with van der Waals surface area (Å²) in [6, 6.07) is 7.76. The topological polar surface area (TPSA) is 76.1 Å². The predicted octanol–water partition coefficient (Wildman–Crippen LogP) is 2.91. The standard InChI is InChI=1S/C17H22N4O2/c1-12(2)13-6-4-5-7-14(13)21-17(22)15-10-20-16(11-19-15)18-8-9-23-3/h4-7,10-12H,8-9H2,1-3H3,(H,18,20)(H,21,22). The number of hydrogen-bond donors (Lipinski definition) is 2. The van der Waals surface area contributed by atoms with Crippen LogP contribution in [0.4, 0.5) is 11.5 Å². The molecule has 0 aliphatic rings. The molecule has 0 bridgehead atoms. The molecule has 0 spiro atoms. The van der Waals surface area contributed by atoms with Crippen molar-refractivity contribution in [3.63, 3.8) is 0 Å². The van der Waals surface area contributed by atoms with Crippen molar-refractivity contribution in [2.75, 3.05) is 30.9 Å². The molecule has 2 N–H and O–H groups in total. The molecular formula is C17H22N4O2. The molecule has 1 aromatic heterocycles. The number of carbonyl (C=O) groups is 1. The first-order chi connectivity index (χ1) is 11.1. The van der Waals surface area contributed by atoms with Crippen LogP contribution in [0.25, 0.3) is 0 Å². The highest BCUT2D eigenvalue weighted by Crippen LogP contribution is 2.23. The van der Waals surface area contributed by atoms with E-state index in [2.05, 4.69) is 34.4 Å². The molecular weight excluding hydrogens is 292 g/mol. The number of benzene rings is 1. The molecule has 0 aliphatic heterocycles. The number of aromatic nitrogens is 2. The van der Waals surface area contributed by atoms with Crippen molar-refractivity contribution in [1.29, 1.82) is 0 Å².